The highest BCUT2D eigenvalue weighted by Gasteiger charge is 2.19. The fourth-order valence-corrected chi connectivity index (χ4v) is 2.74. The van der Waals surface area contributed by atoms with Crippen LogP contribution in [-0.4, -0.2) is 16.8 Å². The first-order valence-corrected chi connectivity index (χ1v) is 6.83. The average molecular weight is 257 g/mol. The molecule has 1 N–H and O–H groups in total. The average Bonchev–Trinajstić information content (AvgIpc) is 2.70. The van der Waals surface area contributed by atoms with Crippen molar-refractivity contribution < 1.29 is 0 Å². The first-order chi connectivity index (χ1) is 9.11. The smallest absolute Gasteiger partial charge is 0.0596 e. The number of benzene rings is 1. The van der Waals surface area contributed by atoms with Gasteiger partial charge in [-0.3, -0.25) is 4.68 Å². The molecule has 0 aliphatic heterocycles. The van der Waals surface area contributed by atoms with Crippen LogP contribution < -0.4 is 5.32 Å². The van der Waals surface area contributed by atoms with Crippen molar-refractivity contribution in [2.75, 3.05) is 7.05 Å². The third kappa shape index (κ3) is 3.24. The molecule has 0 bridgehead atoms. The Kier molecular flexibility index (Phi) is 4.38. The number of nitrogens with zero attached hydrogens (tertiary/aromatic N) is 2. The molecule has 0 fully saturated rings. The predicted molar refractivity (Wildman–Crippen MR) is 79.1 cm³/mol. The van der Waals surface area contributed by atoms with Crippen LogP contribution >= 0.6 is 0 Å². The van der Waals surface area contributed by atoms with Crippen LogP contribution in [0, 0.1) is 12.8 Å². The molecule has 3 nitrogen and oxygen atoms in total. The van der Waals surface area contributed by atoms with Gasteiger partial charge in [-0.2, -0.15) is 5.10 Å². The minimum absolute atomic E-state index is 0.372. The minimum atomic E-state index is 0.372. The first kappa shape index (κ1) is 13.8. The minimum Gasteiger partial charge on any atom is -0.313 e. The highest BCUT2D eigenvalue weighted by molar-refractivity contribution is 5.20. The molecular weight excluding hydrogens is 234 g/mol. The highest BCUT2D eigenvalue weighted by Crippen LogP contribution is 2.24. The van der Waals surface area contributed by atoms with Gasteiger partial charge in [0.2, 0.25) is 0 Å². The van der Waals surface area contributed by atoms with Gasteiger partial charge >= 0.3 is 0 Å². The Balaban J connectivity index is 2.13. The van der Waals surface area contributed by atoms with Gasteiger partial charge in [0.25, 0.3) is 0 Å². The van der Waals surface area contributed by atoms with Gasteiger partial charge in [0, 0.05) is 18.8 Å². The van der Waals surface area contributed by atoms with Crippen molar-refractivity contribution in [3.8, 4) is 0 Å². The van der Waals surface area contributed by atoms with Crippen LogP contribution in [0.15, 0.2) is 36.4 Å². The molecule has 3 heteroatoms. The van der Waals surface area contributed by atoms with Crippen molar-refractivity contribution in [3.05, 3.63) is 53.3 Å². The monoisotopic (exact) mass is 257 g/mol. The van der Waals surface area contributed by atoms with Crippen molar-refractivity contribution in [2.24, 2.45) is 13.0 Å². The van der Waals surface area contributed by atoms with Crippen LogP contribution in [-0.2, 0) is 13.5 Å². The van der Waals surface area contributed by atoms with E-state index in [4.69, 9.17) is 0 Å². The zero-order valence-electron chi connectivity index (χ0n) is 12.2. The molecule has 2 rings (SSSR count). The summed E-state index contributed by atoms with van der Waals surface area (Å²) in [5.74, 6) is 0.516. The van der Waals surface area contributed by atoms with Crippen molar-refractivity contribution in [3.63, 3.8) is 0 Å². The molecule has 102 valence electrons. The van der Waals surface area contributed by atoms with Crippen molar-refractivity contribution >= 4 is 0 Å². The van der Waals surface area contributed by atoms with Crippen LogP contribution in [0.5, 0.6) is 0 Å². The molecule has 19 heavy (non-hydrogen) atoms. The third-order valence-corrected chi connectivity index (χ3v) is 3.67. The molecule has 0 amide bonds. The third-order valence-electron chi connectivity index (χ3n) is 3.67. The maximum absolute atomic E-state index is 4.42. The second-order valence-electron chi connectivity index (χ2n) is 5.26. The molecular formula is C16H23N3. The van der Waals surface area contributed by atoms with Gasteiger partial charge in [-0.25, -0.2) is 0 Å². The van der Waals surface area contributed by atoms with Crippen molar-refractivity contribution in [2.45, 2.75) is 26.3 Å². The van der Waals surface area contributed by atoms with Gasteiger partial charge < -0.3 is 5.32 Å². The molecule has 1 heterocycles. The van der Waals surface area contributed by atoms with Crippen LogP contribution in [0.4, 0.5) is 0 Å². The van der Waals surface area contributed by atoms with Gasteiger partial charge in [-0.05, 0) is 37.9 Å². The maximum atomic E-state index is 4.42. The van der Waals surface area contributed by atoms with E-state index < -0.39 is 0 Å². The van der Waals surface area contributed by atoms with Crippen LogP contribution in [0.2, 0.25) is 0 Å². The lowest BCUT2D eigenvalue weighted by molar-refractivity contribution is 0.400. The van der Waals surface area contributed by atoms with E-state index in [0.29, 0.717) is 12.0 Å². The SMILES string of the molecule is CNC(c1ccccc1)C(C)Cc1cc(C)nn1C. The fourth-order valence-electron chi connectivity index (χ4n) is 2.74. The summed E-state index contributed by atoms with van der Waals surface area (Å²) in [4.78, 5) is 0. The number of hydrogen-bond donors (Lipinski definition) is 1. The van der Waals surface area contributed by atoms with Gasteiger partial charge in [-0.15, -0.1) is 0 Å². The Morgan fingerprint density at radius 1 is 1.26 bits per heavy atom. The lowest BCUT2D eigenvalue weighted by Gasteiger charge is -2.24. The van der Waals surface area contributed by atoms with E-state index >= 15 is 0 Å². The van der Waals surface area contributed by atoms with E-state index in [1.165, 1.54) is 11.3 Å². The van der Waals surface area contributed by atoms with Crippen molar-refractivity contribution in [1.29, 1.82) is 0 Å². The van der Waals surface area contributed by atoms with Gasteiger partial charge in [0.15, 0.2) is 0 Å². The summed E-state index contributed by atoms with van der Waals surface area (Å²) < 4.78 is 1.99. The van der Waals surface area contributed by atoms with Gasteiger partial charge in [-0.1, -0.05) is 37.3 Å². The lowest BCUT2D eigenvalue weighted by Crippen LogP contribution is -2.25. The van der Waals surface area contributed by atoms with Crippen LogP contribution in [0.3, 0.4) is 0 Å². The van der Waals surface area contributed by atoms with E-state index in [0.717, 1.165) is 12.1 Å². The molecule has 2 atom stereocenters. The standard InChI is InChI=1S/C16H23N3/c1-12(10-15-11-13(2)18-19(15)4)16(17-3)14-8-6-5-7-9-14/h5-9,11-12,16-17H,10H2,1-4H3. The number of aryl methyl sites for hydroxylation is 2. The molecule has 2 aromatic rings. The Morgan fingerprint density at radius 3 is 2.47 bits per heavy atom. The summed E-state index contributed by atoms with van der Waals surface area (Å²) in [7, 11) is 4.05. The molecule has 2 unspecified atom stereocenters. The van der Waals surface area contributed by atoms with Gasteiger partial charge in [0.1, 0.15) is 0 Å². The first-order valence-electron chi connectivity index (χ1n) is 6.83. The number of hydrogen-bond acceptors (Lipinski definition) is 2. The van der Waals surface area contributed by atoms with Crippen LogP contribution in [0.25, 0.3) is 0 Å². The largest absolute Gasteiger partial charge is 0.313 e. The Morgan fingerprint density at radius 2 is 1.95 bits per heavy atom. The Bertz CT molecular complexity index is 516. The highest BCUT2D eigenvalue weighted by atomic mass is 15.3. The summed E-state index contributed by atoms with van der Waals surface area (Å²) in [5, 5.41) is 7.85. The number of nitrogens with one attached hydrogen (secondary N) is 1. The molecule has 1 aromatic carbocycles. The summed E-state index contributed by atoms with van der Waals surface area (Å²) in [6, 6.07) is 13.2. The lowest BCUT2D eigenvalue weighted by atomic mass is 9.91. The quantitative estimate of drug-likeness (QED) is 0.892. The predicted octanol–water partition coefficient (Wildman–Crippen LogP) is 2.87. The van der Waals surface area contributed by atoms with E-state index in [2.05, 4.69) is 53.7 Å². The number of rotatable bonds is 5. The Hall–Kier alpha value is -1.61. The molecule has 0 saturated carbocycles. The summed E-state index contributed by atoms with van der Waals surface area (Å²) in [6.07, 6.45) is 1.03. The molecule has 0 aliphatic rings. The maximum Gasteiger partial charge on any atom is 0.0596 e. The normalized spacial score (nSPS) is 14.3. The molecule has 0 saturated heterocycles. The van der Waals surface area contributed by atoms with Gasteiger partial charge in [0.05, 0.1) is 5.69 Å². The molecule has 0 spiro atoms. The number of aromatic nitrogens is 2. The molecule has 0 aliphatic carbocycles. The van der Waals surface area contributed by atoms with E-state index in [1.807, 2.05) is 25.7 Å². The van der Waals surface area contributed by atoms with Crippen LogP contribution in [0.1, 0.15) is 29.9 Å². The molecule has 0 radical (unpaired) electrons. The fraction of sp³-hybridized carbons (Fsp3) is 0.438. The molecule has 1 aromatic heterocycles. The van der Waals surface area contributed by atoms with E-state index in [-0.39, 0.29) is 0 Å². The van der Waals surface area contributed by atoms with Crippen molar-refractivity contribution in [1.82, 2.24) is 15.1 Å². The van der Waals surface area contributed by atoms with E-state index in [9.17, 15) is 0 Å². The second-order valence-corrected chi connectivity index (χ2v) is 5.26. The zero-order chi connectivity index (χ0) is 13.8. The zero-order valence-corrected chi connectivity index (χ0v) is 12.2. The topological polar surface area (TPSA) is 29.9 Å². The summed E-state index contributed by atoms with van der Waals surface area (Å²) in [5.41, 5.74) is 3.72. The second kappa shape index (κ2) is 6.02. The van der Waals surface area contributed by atoms with E-state index in [1.54, 1.807) is 0 Å². The summed E-state index contributed by atoms with van der Waals surface area (Å²) in [6.45, 7) is 4.33. The Labute approximate surface area is 115 Å². The summed E-state index contributed by atoms with van der Waals surface area (Å²) >= 11 is 0.